The quantitative estimate of drug-likeness (QED) is 0.371. The minimum atomic E-state index is -0.333. The zero-order valence-corrected chi connectivity index (χ0v) is 22.8. The fourth-order valence-electron chi connectivity index (χ4n) is 2.78. The van der Waals surface area contributed by atoms with Crippen molar-refractivity contribution >= 4 is 11.8 Å². The lowest BCUT2D eigenvalue weighted by atomic mass is 10.1. The lowest BCUT2D eigenvalue weighted by Crippen LogP contribution is -2.39. The summed E-state index contributed by atoms with van der Waals surface area (Å²) in [6.45, 7) is 20.9. The van der Waals surface area contributed by atoms with Gasteiger partial charge in [0.1, 0.15) is 0 Å². The number of likely N-dealkylation sites (tertiary alicyclic amines) is 1. The van der Waals surface area contributed by atoms with Crippen LogP contribution in [0.3, 0.4) is 0 Å². The Kier molecular flexibility index (Phi) is 26.6. The van der Waals surface area contributed by atoms with E-state index in [4.69, 9.17) is 0 Å². The molecule has 0 aromatic heterocycles. The molecule has 0 bridgehead atoms. The average molecular weight is 487 g/mol. The van der Waals surface area contributed by atoms with E-state index >= 15 is 0 Å². The fraction of sp³-hybridized carbons (Fsp3) is 0.448. The first-order valence-electron chi connectivity index (χ1n) is 12.2. The highest BCUT2D eigenvalue weighted by molar-refractivity contribution is 5.94. The van der Waals surface area contributed by atoms with E-state index in [9.17, 15) is 9.59 Å². The number of primary amides is 1. The molecule has 1 aliphatic rings. The summed E-state index contributed by atoms with van der Waals surface area (Å²) >= 11 is 0. The third-order valence-corrected chi connectivity index (χ3v) is 4.64. The Morgan fingerprint density at radius 3 is 1.97 bits per heavy atom. The number of nitrogens with one attached hydrogen (secondary N) is 1. The van der Waals surface area contributed by atoms with Gasteiger partial charge in [-0.2, -0.15) is 0 Å². The number of rotatable bonds is 6. The van der Waals surface area contributed by atoms with Crippen LogP contribution in [0.2, 0.25) is 0 Å². The Labute approximate surface area is 214 Å². The smallest absolute Gasteiger partial charge is 0.251 e. The molecule has 1 unspecified atom stereocenters. The third-order valence-electron chi connectivity index (χ3n) is 4.64. The van der Waals surface area contributed by atoms with Gasteiger partial charge in [0.2, 0.25) is 5.91 Å². The standard InChI is InChI=1S/C18H26N2O.C4H8.C4H6.C2H5NO.CH5N/c1-4-7-15-9-11-16(12-10-15)18(21)19-17-8-5-6-13-20(3)14(17)2;2*1-3-4-2;1-2(3)4;1-2/h9-12,17H,2,4-8,13H2,1,3H3,(H,19,21);3H,1,4H2,2H3;3-4H,1-2H2;1H3,(H2,3,4);2H2,1H3. The van der Waals surface area contributed by atoms with E-state index in [0.29, 0.717) is 0 Å². The SMILES string of the molecule is C=C1C(NC(=O)c2ccc(CCC)cc2)CCCCN1C.C=CC=C.C=CCC.CC(N)=O.CN. The van der Waals surface area contributed by atoms with Crippen molar-refractivity contribution in [1.29, 1.82) is 0 Å². The van der Waals surface area contributed by atoms with Crippen molar-refractivity contribution in [2.24, 2.45) is 11.5 Å². The number of aryl methyl sites for hydroxylation is 1. The number of hydrogen-bond acceptors (Lipinski definition) is 4. The van der Waals surface area contributed by atoms with E-state index in [1.165, 1.54) is 19.5 Å². The number of hydrogen-bond donors (Lipinski definition) is 3. The summed E-state index contributed by atoms with van der Waals surface area (Å²) in [6, 6.07) is 7.99. The number of benzene rings is 1. The van der Waals surface area contributed by atoms with Gasteiger partial charge in [0, 0.05) is 31.8 Å². The number of likely N-dealkylation sites (N-methyl/N-ethyl adjacent to an activating group) is 1. The summed E-state index contributed by atoms with van der Waals surface area (Å²) in [7, 11) is 3.55. The molecule has 2 rings (SSSR count). The van der Waals surface area contributed by atoms with Crippen LogP contribution < -0.4 is 16.8 Å². The maximum atomic E-state index is 12.4. The first kappa shape index (κ1) is 36.4. The molecule has 6 heteroatoms. The van der Waals surface area contributed by atoms with E-state index in [1.807, 2.05) is 37.4 Å². The predicted molar refractivity (Wildman–Crippen MR) is 153 cm³/mol. The lowest BCUT2D eigenvalue weighted by molar-refractivity contribution is -0.115. The molecule has 0 aliphatic carbocycles. The topological polar surface area (TPSA) is 101 Å². The molecule has 1 saturated heterocycles. The van der Waals surface area contributed by atoms with Crippen molar-refractivity contribution in [3.63, 3.8) is 0 Å². The number of carbonyl (C=O) groups excluding carboxylic acids is 2. The predicted octanol–water partition coefficient (Wildman–Crippen LogP) is 5.37. The zero-order chi connectivity index (χ0) is 27.6. The molecule has 1 atom stereocenters. The van der Waals surface area contributed by atoms with Crippen molar-refractivity contribution in [1.82, 2.24) is 10.2 Å². The molecule has 35 heavy (non-hydrogen) atoms. The van der Waals surface area contributed by atoms with Gasteiger partial charge in [0.15, 0.2) is 0 Å². The first-order chi connectivity index (χ1) is 16.7. The minimum absolute atomic E-state index is 0.000464. The number of nitrogens with two attached hydrogens (primary N) is 2. The van der Waals surface area contributed by atoms with E-state index in [1.54, 1.807) is 12.2 Å². The maximum Gasteiger partial charge on any atom is 0.251 e. The molecule has 1 aromatic carbocycles. The molecular weight excluding hydrogens is 436 g/mol. The van der Waals surface area contributed by atoms with Crippen LogP contribution in [0.1, 0.15) is 68.8 Å². The molecule has 198 valence electrons. The highest BCUT2D eigenvalue weighted by Crippen LogP contribution is 2.18. The Morgan fingerprint density at radius 1 is 1.09 bits per heavy atom. The monoisotopic (exact) mass is 486 g/mol. The van der Waals surface area contributed by atoms with Gasteiger partial charge in [0.25, 0.3) is 5.91 Å². The van der Waals surface area contributed by atoms with Crippen LogP contribution >= 0.6 is 0 Å². The van der Waals surface area contributed by atoms with Gasteiger partial charge in [-0.1, -0.05) is 70.4 Å². The van der Waals surface area contributed by atoms with Crippen molar-refractivity contribution in [2.45, 2.75) is 65.3 Å². The van der Waals surface area contributed by atoms with Crippen LogP contribution in [-0.4, -0.2) is 43.4 Å². The minimum Gasteiger partial charge on any atom is -0.377 e. The summed E-state index contributed by atoms with van der Waals surface area (Å²) in [5.74, 6) is -0.334. The summed E-state index contributed by atoms with van der Waals surface area (Å²) in [6.07, 6.45) is 11.7. The highest BCUT2D eigenvalue weighted by atomic mass is 16.2. The van der Waals surface area contributed by atoms with E-state index < -0.39 is 0 Å². The highest BCUT2D eigenvalue weighted by Gasteiger charge is 2.21. The molecule has 1 heterocycles. The van der Waals surface area contributed by atoms with Crippen LogP contribution in [0.4, 0.5) is 0 Å². The van der Waals surface area contributed by atoms with Crippen molar-refractivity contribution in [3.8, 4) is 0 Å². The van der Waals surface area contributed by atoms with Crippen molar-refractivity contribution < 1.29 is 9.59 Å². The second kappa shape index (κ2) is 25.5. The van der Waals surface area contributed by atoms with Gasteiger partial charge in [-0.05, 0) is 56.8 Å². The Bertz CT molecular complexity index is 717. The van der Waals surface area contributed by atoms with Gasteiger partial charge in [-0.3, -0.25) is 9.59 Å². The summed E-state index contributed by atoms with van der Waals surface area (Å²) in [5.41, 5.74) is 12.0. The van der Waals surface area contributed by atoms with Gasteiger partial charge in [-0.15, -0.1) is 6.58 Å². The molecule has 5 N–H and O–H groups in total. The molecule has 1 aliphatic heterocycles. The third kappa shape index (κ3) is 21.2. The zero-order valence-electron chi connectivity index (χ0n) is 22.8. The number of amides is 2. The molecule has 1 aromatic rings. The van der Waals surface area contributed by atoms with E-state index in [2.05, 4.69) is 61.8 Å². The van der Waals surface area contributed by atoms with Crippen molar-refractivity contribution in [2.75, 3.05) is 20.6 Å². The maximum absolute atomic E-state index is 12.4. The Morgan fingerprint density at radius 2 is 1.57 bits per heavy atom. The second-order valence-corrected chi connectivity index (χ2v) is 7.66. The number of allylic oxidation sites excluding steroid dienone is 3. The van der Waals surface area contributed by atoms with Crippen LogP contribution in [0.25, 0.3) is 0 Å². The van der Waals surface area contributed by atoms with Gasteiger partial charge >= 0.3 is 0 Å². The Balaban J connectivity index is -0.000000605. The second-order valence-electron chi connectivity index (χ2n) is 7.66. The van der Waals surface area contributed by atoms with Gasteiger partial charge in [0.05, 0.1) is 6.04 Å². The first-order valence-corrected chi connectivity index (χ1v) is 12.2. The van der Waals surface area contributed by atoms with E-state index in [-0.39, 0.29) is 17.9 Å². The molecule has 0 saturated carbocycles. The van der Waals surface area contributed by atoms with Crippen LogP contribution in [0.15, 0.2) is 74.5 Å². The van der Waals surface area contributed by atoms with E-state index in [0.717, 1.165) is 56.3 Å². The summed E-state index contributed by atoms with van der Waals surface area (Å²) in [4.78, 5) is 23.8. The molecule has 1 fully saturated rings. The molecular formula is C29H50N4O2. The molecule has 0 spiro atoms. The molecule has 6 nitrogen and oxygen atoms in total. The van der Waals surface area contributed by atoms with Gasteiger partial charge in [-0.25, -0.2) is 0 Å². The fourth-order valence-corrected chi connectivity index (χ4v) is 2.78. The number of nitrogens with zero attached hydrogens (tertiary/aromatic N) is 1. The van der Waals surface area contributed by atoms with Crippen LogP contribution in [-0.2, 0) is 11.2 Å². The Hall–Kier alpha value is -3.12. The molecule has 2 amide bonds. The number of carbonyl (C=O) groups is 2. The van der Waals surface area contributed by atoms with Crippen LogP contribution in [0, 0.1) is 0 Å². The largest absolute Gasteiger partial charge is 0.377 e. The normalized spacial score (nSPS) is 13.7. The van der Waals surface area contributed by atoms with Gasteiger partial charge < -0.3 is 21.7 Å². The summed E-state index contributed by atoms with van der Waals surface area (Å²) in [5, 5.41) is 3.13. The van der Waals surface area contributed by atoms with Crippen LogP contribution in [0.5, 0.6) is 0 Å². The lowest BCUT2D eigenvalue weighted by Gasteiger charge is -2.25. The average Bonchev–Trinajstić information content (AvgIpc) is 3.01. The molecule has 0 radical (unpaired) electrons. The summed E-state index contributed by atoms with van der Waals surface area (Å²) < 4.78 is 0. The van der Waals surface area contributed by atoms with Crippen molar-refractivity contribution in [3.05, 3.63) is 85.6 Å².